The Kier molecular flexibility index (Phi) is 5.85. The van der Waals surface area contributed by atoms with Crippen LogP contribution in [0.2, 0.25) is 0 Å². The van der Waals surface area contributed by atoms with Gasteiger partial charge in [0.25, 0.3) is 5.91 Å². The van der Waals surface area contributed by atoms with Crippen LogP contribution in [0.3, 0.4) is 0 Å². The van der Waals surface area contributed by atoms with Gasteiger partial charge in [-0.05, 0) is 31.2 Å². The number of rotatable bonds is 6. The Morgan fingerprint density at radius 3 is 2.00 bits per heavy atom. The SMILES string of the molecule is C=C(C)C(=O)Nc1ccc(Oc2cnc(-c3ccccc3)c(-c3ccccc3)n2)cc1. The number of carbonyl (C=O) groups excluding carboxylic acids is 1. The summed E-state index contributed by atoms with van der Waals surface area (Å²) >= 11 is 0. The molecule has 0 bridgehead atoms. The van der Waals surface area contributed by atoms with Crippen molar-refractivity contribution in [1.29, 1.82) is 0 Å². The van der Waals surface area contributed by atoms with Crippen LogP contribution in [0.15, 0.2) is 103 Å². The predicted molar refractivity (Wildman–Crippen MR) is 123 cm³/mol. The Morgan fingerprint density at radius 1 is 0.839 bits per heavy atom. The lowest BCUT2D eigenvalue weighted by molar-refractivity contribution is -0.112. The minimum Gasteiger partial charge on any atom is -0.437 e. The summed E-state index contributed by atoms with van der Waals surface area (Å²) in [5, 5.41) is 2.77. The first-order chi connectivity index (χ1) is 15.1. The van der Waals surface area contributed by atoms with Gasteiger partial charge < -0.3 is 10.1 Å². The van der Waals surface area contributed by atoms with Crippen LogP contribution in [0.5, 0.6) is 11.6 Å². The summed E-state index contributed by atoms with van der Waals surface area (Å²) in [7, 11) is 0. The Balaban J connectivity index is 1.62. The normalized spacial score (nSPS) is 10.4. The average molecular weight is 407 g/mol. The highest BCUT2D eigenvalue weighted by atomic mass is 16.5. The zero-order chi connectivity index (χ0) is 21.6. The maximum Gasteiger partial charge on any atom is 0.250 e. The van der Waals surface area contributed by atoms with Gasteiger partial charge in [0.2, 0.25) is 5.88 Å². The van der Waals surface area contributed by atoms with Crippen LogP contribution < -0.4 is 10.1 Å². The standard InChI is InChI=1S/C26H21N3O2/c1-18(2)26(30)28-21-13-15-22(16-14-21)31-23-17-27-24(19-9-5-3-6-10-19)25(29-23)20-11-7-4-8-12-20/h3-17H,1H2,2H3,(H,28,30). The van der Waals surface area contributed by atoms with E-state index in [2.05, 4.69) is 16.9 Å². The summed E-state index contributed by atoms with van der Waals surface area (Å²) in [4.78, 5) is 21.1. The second-order valence-corrected chi connectivity index (χ2v) is 7.00. The third-order valence-electron chi connectivity index (χ3n) is 4.57. The van der Waals surface area contributed by atoms with E-state index in [4.69, 9.17) is 9.72 Å². The molecular formula is C26H21N3O2. The van der Waals surface area contributed by atoms with Crippen LogP contribution in [0.1, 0.15) is 6.92 Å². The van der Waals surface area contributed by atoms with Crippen molar-refractivity contribution in [3.63, 3.8) is 0 Å². The number of aromatic nitrogens is 2. The average Bonchev–Trinajstić information content (AvgIpc) is 2.81. The number of nitrogens with zero attached hydrogens (tertiary/aromatic N) is 2. The summed E-state index contributed by atoms with van der Waals surface area (Å²) in [5.41, 5.74) is 4.58. The quantitative estimate of drug-likeness (QED) is 0.391. The van der Waals surface area contributed by atoms with Crippen molar-refractivity contribution in [2.45, 2.75) is 6.92 Å². The third-order valence-corrected chi connectivity index (χ3v) is 4.57. The number of ether oxygens (including phenoxy) is 1. The highest BCUT2D eigenvalue weighted by molar-refractivity contribution is 6.02. The molecule has 1 amide bonds. The fourth-order valence-corrected chi connectivity index (χ4v) is 2.99. The van der Waals surface area contributed by atoms with Crippen molar-refractivity contribution in [1.82, 2.24) is 9.97 Å². The van der Waals surface area contributed by atoms with E-state index in [1.165, 1.54) is 0 Å². The largest absolute Gasteiger partial charge is 0.437 e. The molecule has 0 atom stereocenters. The molecule has 0 saturated carbocycles. The molecule has 0 fully saturated rings. The van der Waals surface area contributed by atoms with Crippen molar-refractivity contribution in [2.24, 2.45) is 0 Å². The topological polar surface area (TPSA) is 64.1 Å². The van der Waals surface area contributed by atoms with E-state index in [-0.39, 0.29) is 5.91 Å². The molecule has 4 aromatic rings. The zero-order valence-corrected chi connectivity index (χ0v) is 17.1. The Labute approximate surface area is 181 Å². The van der Waals surface area contributed by atoms with Gasteiger partial charge in [-0.15, -0.1) is 0 Å². The maximum absolute atomic E-state index is 11.7. The first-order valence-corrected chi connectivity index (χ1v) is 9.83. The molecule has 0 radical (unpaired) electrons. The van der Waals surface area contributed by atoms with Crippen molar-refractivity contribution in [3.8, 4) is 34.1 Å². The van der Waals surface area contributed by atoms with Gasteiger partial charge in [-0.3, -0.25) is 4.79 Å². The lowest BCUT2D eigenvalue weighted by Gasteiger charge is -2.12. The Hall–Kier alpha value is -4.25. The minimum atomic E-state index is -0.219. The van der Waals surface area contributed by atoms with Gasteiger partial charge in [0, 0.05) is 22.4 Å². The monoisotopic (exact) mass is 407 g/mol. The molecule has 5 heteroatoms. The van der Waals surface area contributed by atoms with E-state index in [1.807, 2.05) is 60.7 Å². The van der Waals surface area contributed by atoms with Crippen LogP contribution in [-0.4, -0.2) is 15.9 Å². The van der Waals surface area contributed by atoms with E-state index in [0.717, 1.165) is 22.5 Å². The van der Waals surface area contributed by atoms with Crippen molar-refractivity contribution in [3.05, 3.63) is 103 Å². The molecule has 0 spiro atoms. The van der Waals surface area contributed by atoms with Crippen LogP contribution in [-0.2, 0) is 4.79 Å². The molecular weight excluding hydrogens is 386 g/mol. The van der Waals surface area contributed by atoms with E-state index in [1.54, 1.807) is 37.4 Å². The molecule has 3 aromatic carbocycles. The molecule has 0 unspecified atom stereocenters. The van der Waals surface area contributed by atoms with E-state index in [9.17, 15) is 4.79 Å². The summed E-state index contributed by atoms with van der Waals surface area (Å²) < 4.78 is 5.93. The van der Waals surface area contributed by atoms with Gasteiger partial charge in [0.1, 0.15) is 11.4 Å². The van der Waals surface area contributed by atoms with E-state index < -0.39 is 0 Å². The fourth-order valence-electron chi connectivity index (χ4n) is 2.99. The highest BCUT2D eigenvalue weighted by Crippen LogP contribution is 2.31. The number of hydrogen-bond acceptors (Lipinski definition) is 4. The second-order valence-electron chi connectivity index (χ2n) is 7.00. The minimum absolute atomic E-state index is 0.219. The van der Waals surface area contributed by atoms with Crippen LogP contribution in [0, 0.1) is 0 Å². The molecule has 4 rings (SSSR count). The first-order valence-electron chi connectivity index (χ1n) is 9.83. The maximum atomic E-state index is 11.7. The molecule has 1 aromatic heterocycles. The van der Waals surface area contributed by atoms with Crippen LogP contribution in [0.25, 0.3) is 22.5 Å². The molecule has 1 heterocycles. The molecule has 0 aliphatic carbocycles. The number of carbonyl (C=O) groups is 1. The number of nitrogens with one attached hydrogen (secondary N) is 1. The van der Waals surface area contributed by atoms with Crippen LogP contribution in [0.4, 0.5) is 5.69 Å². The van der Waals surface area contributed by atoms with Gasteiger partial charge in [-0.2, -0.15) is 0 Å². The molecule has 31 heavy (non-hydrogen) atoms. The molecule has 152 valence electrons. The molecule has 5 nitrogen and oxygen atoms in total. The predicted octanol–water partition coefficient (Wildman–Crippen LogP) is 6.12. The van der Waals surface area contributed by atoms with Crippen molar-refractivity contribution >= 4 is 11.6 Å². The van der Waals surface area contributed by atoms with E-state index in [0.29, 0.717) is 22.9 Å². The number of anilines is 1. The first kappa shape index (κ1) is 20.0. The summed E-state index contributed by atoms with van der Waals surface area (Å²) in [6, 6.07) is 26.9. The van der Waals surface area contributed by atoms with Gasteiger partial charge >= 0.3 is 0 Å². The fraction of sp³-hybridized carbons (Fsp3) is 0.0385. The van der Waals surface area contributed by atoms with Gasteiger partial charge in [0.15, 0.2) is 0 Å². The van der Waals surface area contributed by atoms with Crippen LogP contribution >= 0.6 is 0 Å². The van der Waals surface area contributed by atoms with Gasteiger partial charge in [-0.25, -0.2) is 9.97 Å². The third kappa shape index (κ3) is 4.85. The number of benzene rings is 3. The lowest BCUT2D eigenvalue weighted by Crippen LogP contribution is -2.11. The Bertz CT molecular complexity index is 1200. The summed E-state index contributed by atoms with van der Waals surface area (Å²) in [6.07, 6.45) is 1.62. The molecule has 0 saturated heterocycles. The molecule has 0 aliphatic heterocycles. The van der Waals surface area contributed by atoms with E-state index >= 15 is 0 Å². The van der Waals surface area contributed by atoms with Gasteiger partial charge in [0.05, 0.1) is 11.9 Å². The van der Waals surface area contributed by atoms with Crippen molar-refractivity contribution in [2.75, 3.05) is 5.32 Å². The molecule has 0 aliphatic rings. The second kappa shape index (κ2) is 9.05. The smallest absolute Gasteiger partial charge is 0.250 e. The Morgan fingerprint density at radius 2 is 1.42 bits per heavy atom. The highest BCUT2D eigenvalue weighted by Gasteiger charge is 2.13. The zero-order valence-electron chi connectivity index (χ0n) is 17.1. The summed E-state index contributed by atoms with van der Waals surface area (Å²) in [6.45, 7) is 5.30. The number of amides is 1. The van der Waals surface area contributed by atoms with Crippen molar-refractivity contribution < 1.29 is 9.53 Å². The lowest BCUT2D eigenvalue weighted by atomic mass is 10.0. The molecule has 1 N–H and O–H groups in total. The summed E-state index contributed by atoms with van der Waals surface area (Å²) in [5.74, 6) is 0.759. The number of hydrogen-bond donors (Lipinski definition) is 1. The van der Waals surface area contributed by atoms with Gasteiger partial charge in [-0.1, -0.05) is 67.2 Å².